The van der Waals surface area contributed by atoms with Crippen molar-refractivity contribution in [1.82, 2.24) is 5.32 Å². The van der Waals surface area contributed by atoms with Gasteiger partial charge < -0.3 is 10.4 Å². The third-order valence-electron chi connectivity index (χ3n) is 4.06. The SMILES string of the molecule is C[C@H](CC(=O)N[C@H]1CCCC[C@H]1O)c1ccc(F)cc1F. The fourth-order valence-electron chi connectivity index (χ4n) is 2.83. The van der Waals surface area contributed by atoms with Gasteiger partial charge in [0.25, 0.3) is 0 Å². The number of benzene rings is 1. The molecule has 5 heteroatoms. The molecule has 2 N–H and O–H groups in total. The Morgan fingerprint density at radius 1 is 1.38 bits per heavy atom. The van der Waals surface area contributed by atoms with Gasteiger partial charge in [0.05, 0.1) is 12.1 Å². The summed E-state index contributed by atoms with van der Waals surface area (Å²) in [6.45, 7) is 1.73. The second-order valence-corrected chi connectivity index (χ2v) is 5.80. The van der Waals surface area contributed by atoms with Crippen molar-refractivity contribution in [2.24, 2.45) is 0 Å². The van der Waals surface area contributed by atoms with Gasteiger partial charge in [-0.3, -0.25) is 4.79 Å². The first-order valence-corrected chi connectivity index (χ1v) is 7.39. The normalized spacial score (nSPS) is 23.6. The third kappa shape index (κ3) is 4.24. The molecule has 3 atom stereocenters. The lowest BCUT2D eigenvalue weighted by molar-refractivity contribution is -0.123. The maximum absolute atomic E-state index is 13.7. The van der Waals surface area contributed by atoms with E-state index in [1.165, 1.54) is 12.1 Å². The standard InChI is InChI=1S/C16H21F2NO2/c1-10(12-7-6-11(17)9-13(12)18)8-16(21)19-14-4-2-3-5-15(14)20/h6-7,9-10,14-15,20H,2-5,8H2,1H3,(H,19,21)/t10-,14+,15-/m1/s1. The number of rotatable bonds is 4. The molecule has 21 heavy (non-hydrogen) atoms. The van der Waals surface area contributed by atoms with Crippen molar-refractivity contribution in [1.29, 1.82) is 0 Å². The smallest absolute Gasteiger partial charge is 0.220 e. The predicted octanol–water partition coefficient (Wildman–Crippen LogP) is 2.88. The van der Waals surface area contributed by atoms with E-state index in [0.29, 0.717) is 12.0 Å². The van der Waals surface area contributed by atoms with Crippen LogP contribution < -0.4 is 5.32 Å². The van der Waals surface area contributed by atoms with E-state index in [0.717, 1.165) is 25.3 Å². The zero-order chi connectivity index (χ0) is 15.4. The Balaban J connectivity index is 1.92. The second kappa shape index (κ2) is 6.98. The van der Waals surface area contributed by atoms with Crippen LogP contribution in [0.15, 0.2) is 18.2 Å². The Labute approximate surface area is 123 Å². The van der Waals surface area contributed by atoms with Crippen molar-refractivity contribution in [2.45, 2.75) is 57.1 Å². The first-order chi connectivity index (χ1) is 9.97. The van der Waals surface area contributed by atoms with Crippen molar-refractivity contribution >= 4 is 5.91 Å². The Morgan fingerprint density at radius 3 is 2.76 bits per heavy atom. The number of carbonyl (C=O) groups excluding carboxylic acids is 1. The van der Waals surface area contributed by atoms with Crippen LogP contribution in [0.1, 0.15) is 50.5 Å². The molecule has 1 saturated carbocycles. The van der Waals surface area contributed by atoms with Crippen molar-refractivity contribution in [2.75, 3.05) is 0 Å². The Morgan fingerprint density at radius 2 is 2.10 bits per heavy atom. The molecule has 0 heterocycles. The van der Waals surface area contributed by atoms with Crippen molar-refractivity contribution in [3.63, 3.8) is 0 Å². The number of halogens is 2. The molecule has 1 amide bonds. The third-order valence-corrected chi connectivity index (χ3v) is 4.06. The quantitative estimate of drug-likeness (QED) is 0.898. The summed E-state index contributed by atoms with van der Waals surface area (Å²) in [5.74, 6) is -1.81. The molecule has 2 rings (SSSR count). The maximum Gasteiger partial charge on any atom is 0.220 e. The first kappa shape index (κ1) is 15.9. The largest absolute Gasteiger partial charge is 0.391 e. The van der Waals surface area contributed by atoms with Crippen LogP contribution in [-0.2, 0) is 4.79 Å². The maximum atomic E-state index is 13.7. The van der Waals surface area contributed by atoms with Crippen LogP contribution in [0, 0.1) is 11.6 Å². The molecule has 116 valence electrons. The summed E-state index contributed by atoms with van der Waals surface area (Å²) in [6, 6.07) is 3.18. The lowest BCUT2D eigenvalue weighted by Crippen LogP contribution is -2.45. The number of aliphatic hydroxyl groups is 1. The highest BCUT2D eigenvalue weighted by Gasteiger charge is 2.25. The molecule has 1 fully saturated rings. The molecule has 1 aliphatic rings. The molecule has 3 nitrogen and oxygen atoms in total. The number of hydrogen-bond acceptors (Lipinski definition) is 2. The van der Waals surface area contributed by atoms with Crippen LogP contribution in [0.25, 0.3) is 0 Å². The van der Waals surface area contributed by atoms with E-state index < -0.39 is 17.7 Å². The highest BCUT2D eigenvalue weighted by atomic mass is 19.1. The fraction of sp³-hybridized carbons (Fsp3) is 0.562. The van der Waals surface area contributed by atoms with Gasteiger partial charge in [-0.25, -0.2) is 8.78 Å². The molecular weight excluding hydrogens is 276 g/mol. The van der Waals surface area contributed by atoms with E-state index in [-0.39, 0.29) is 24.3 Å². The summed E-state index contributed by atoms with van der Waals surface area (Å²) >= 11 is 0. The lowest BCUT2D eigenvalue weighted by Gasteiger charge is -2.28. The van der Waals surface area contributed by atoms with Gasteiger partial charge in [0.1, 0.15) is 11.6 Å². The van der Waals surface area contributed by atoms with Crippen LogP contribution >= 0.6 is 0 Å². The summed E-state index contributed by atoms with van der Waals surface area (Å²) in [4.78, 5) is 12.0. The molecule has 0 radical (unpaired) electrons. The monoisotopic (exact) mass is 297 g/mol. The van der Waals surface area contributed by atoms with E-state index in [4.69, 9.17) is 0 Å². The summed E-state index contributed by atoms with van der Waals surface area (Å²) in [7, 11) is 0. The average Bonchev–Trinajstić information content (AvgIpc) is 2.41. The van der Waals surface area contributed by atoms with Gasteiger partial charge in [0.2, 0.25) is 5.91 Å². The summed E-state index contributed by atoms with van der Waals surface area (Å²) in [5, 5.41) is 12.6. The van der Waals surface area contributed by atoms with Gasteiger partial charge >= 0.3 is 0 Å². The van der Waals surface area contributed by atoms with Crippen LogP contribution in [-0.4, -0.2) is 23.2 Å². The Kier molecular flexibility index (Phi) is 5.28. The highest BCUT2D eigenvalue weighted by molar-refractivity contribution is 5.77. The van der Waals surface area contributed by atoms with Gasteiger partial charge in [0, 0.05) is 12.5 Å². The van der Waals surface area contributed by atoms with Gasteiger partial charge in [-0.1, -0.05) is 25.8 Å². The molecule has 0 spiro atoms. The number of aliphatic hydroxyl groups excluding tert-OH is 1. The van der Waals surface area contributed by atoms with Crippen molar-refractivity contribution in [3.05, 3.63) is 35.4 Å². The zero-order valence-electron chi connectivity index (χ0n) is 12.1. The predicted molar refractivity (Wildman–Crippen MR) is 75.8 cm³/mol. The lowest BCUT2D eigenvalue weighted by atomic mass is 9.91. The van der Waals surface area contributed by atoms with Crippen LogP contribution in [0.2, 0.25) is 0 Å². The molecule has 1 aliphatic carbocycles. The van der Waals surface area contributed by atoms with Gasteiger partial charge in [-0.2, -0.15) is 0 Å². The van der Waals surface area contributed by atoms with Crippen LogP contribution in [0.3, 0.4) is 0 Å². The van der Waals surface area contributed by atoms with Gasteiger partial charge in [0.15, 0.2) is 0 Å². The highest BCUT2D eigenvalue weighted by Crippen LogP contribution is 2.24. The van der Waals surface area contributed by atoms with E-state index in [2.05, 4.69) is 5.32 Å². The molecule has 0 aliphatic heterocycles. The van der Waals surface area contributed by atoms with Gasteiger partial charge in [-0.15, -0.1) is 0 Å². The zero-order valence-corrected chi connectivity index (χ0v) is 12.1. The minimum atomic E-state index is -0.631. The molecule has 1 aromatic carbocycles. The van der Waals surface area contributed by atoms with E-state index >= 15 is 0 Å². The fourth-order valence-corrected chi connectivity index (χ4v) is 2.83. The van der Waals surface area contributed by atoms with Crippen molar-refractivity contribution in [3.8, 4) is 0 Å². The molecule has 0 unspecified atom stereocenters. The molecular formula is C16H21F2NO2. The molecule has 0 saturated heterocycles. The second-order valence-electron chi connectivity index (χ2n) is 5.80. The summed E-state index contributed by atoms with van der Waals surface area (Å²) in [5.41, 5.74) is 0.329. The molecule has 0 aromatic heterocycles. The van der Waals surface area contributed by atoms with E-state index in [1.807, 2.05) is 0 Å². The molecule has 0 bridgehead atoms. The van der Waals surface area contributed by atoms with E-state index in [9.17, 15) is 18.7 Å². The van der Waals surface area contributed by atoms with Gasteiger partial charge in [-0.05, 0) is 30.4 Å². The van der Waals surface area contributed by atoms with Crippen LogP contribution in [0.5, 0.6) is 0 Å². The Bertz CT molecular complexity index is 507. The van der Waals surface area contributed by atoms with E-state index in [1.54, 1.807) is 6.92 Å². The first-order valence-electron chi connectivity index (χ1n) is 7.39. The summed E-state index contributed by atoms with van der Waals surface area (Å²) in [6.07, 6.45) is 3.06. The summed E-state index contributed by atoms with van der Waals surface area (Å²) < 4.78 is 26.5. The number of carbonyl (C=O) groups is 1. The van der Waals surface area contributed by atoms with Crippen molar-refractivity contribution < 1.29 is 18.7 Å². The average molecular weight is 297 g/mol. The topological polar surface area (TPSA) is 49.3 Å². The minimum absolute atomic E-state index is 0.117. The Hall–Kier alpha value is -1.49. The number of nitrogens with one attached hydrogen (secondary N) is 1. The molecule has 1 aromatic rings. The van der Waals surface area contributed by atoms with Crippen LogP contribution in [0.4, 0.5) is 8.78 Å². The number of amides is 1. The number of hydrogen-bond donors (Lipinski definition) is 2. The minimum Gasteiger partial charge on any atom is -0.391 e.